The minimum atomic E-state index is -4.16. The predicted octanol–water partition coefficient (Wildman–Crippen LogP) is 2.88. The summed E-state index contributed by atoms with van der Waals surface area (Å²) in [7, 11) is 1.59. The second-order valence-corrected chi connectivity index (χ2v) is 6.27. The molecule has 1 fully saturated rings. The second-order valence-electron chi connectivity index (χ2n) is 6.27. The van der Waals surface area contributed by atoms with Crippen molar-refractivity contribution in [2.24, 2.45) is 4.99 Å². The van der Waals surface area contributed by atoms with Crippen molar-refractivity contribution in [1.82, 2.24) is 15.5 Å². The summed E-state index contributed by atoms with van der Waals surface area (Å²) in [6, 6.07) is 7.26. The van der Waals surface area contributed by atoms with Crippen molar-refractivity contribution in [1.29, 1.82) is 0 Å². The highest BCUT2D eigenvalue weighted by Gasteiger charge is 2.34. The van der Waals surface area contributed by atoms with E-state index >= 15 is 0 Å². The Labute approximate surface area is 180 Å². The highest BCUT2D eigenvalue weighted by Crippen LogP contribution is 2.20. The van der Waals surface area contributed by atoms with Gasteiger partial charge in [0.2, 0.25) is 0 Å². The van der Waals surface area contributed by atoms with Crippen molar-refractivity contribution in [2.75, 3.05) is 46.4 Å². The summed E-state index contributed by atoms with van der Waals surface area (Å²) >= 11 is 0. The molecular weight excluding hydrogens is 488 g/mol. The van der Waals surface area contributed by atoms with Crippen LogP contribution in [-0.2, 0) is 0 Å². The van der Waals surface area contributed by atoms with E-state index in [0.29, 0.717) is 50.9 Å². The molecule has 1 aromatic rings. The molecular formula is C18H28F3IN4O2. The van der Waals surface area contributed by atoms with Crippen LogP contribution in [0, 0.1) is 0 Å². The van der Waals surface area contributed by atoms with Crippen LogP contribution in [-0.4, -0.2) is 69.5 Å². The first kappa shape index (κ1) is 24.6. The zero-order valence-corrected chi connectivity index (χ0v) is 18.4. The summed E-state index contributed by atoms with van der Waals surface area (Å²) < 4.78 is 48.3. The zero-order chi connectivity index (χ0) is 19.7. The number of benzene rings is 1. The molecule has 1 aliphatic rings. The molecule has 1 heterocycles. The van der Waals surface area contributed by atoms with Crippen LogP contribution >= 0.6 is 24.0 Å². The van der Waals surface area contributed by atoms with Gasteiger partial charge in [-0.15, -0.1) is 24.0 Å². The molecule has 6 nitrogen and oxygen atoms in total. The molecule has 1 saturated heterocycles. The predicted molar refractivity (Wildman–Crippen MR) is 114 cm³/mol. The molecule has 1 aliphatic heterocycles. The van der Waals surface area contributed by atoms with Crippen LogP contribution in [0.1, 0.15) is 13.3 Å². The molecule has 0 spiro atoms. The van der Waals surface area contributed by atoms with Gasteiger partial charge in [0, 0.05) is 31.7 Å². The average molecular weight is 516 g/mol. The van der Waals surface area contributed by atoms with Crippen molar-refractivity contribution in [3.8, 4) is 11.5 Å². The Morgan fingerprint density at radius 3 is 2.75 bits per heavy atom. The van der Waals surface area contributed by atoms with E-state index in [9.17, 15) is 13.2 Å². The van der Waals surface area contributed by atoms with Gasteiger partial charge in [0.05, 0.1) is 20.2 Å². The number of methoxy groups -OCH3 is 1. The summed E-state index contributed by atoms with van der Waals surface area (Å²) in [4.78, 5) is 5.84. The summed E-state index contributed by atoms with van der Waals surface area (Å²) in [5, 5.41) is 6.32. The average Bonchev–Trinajstić information content (AvgIpc) is 3.04. The maximum atomic E-state index is 12.5. The third-order valence-corrected chi connectivity index (χ3v) is 4.03. The third-order valence-electron chi connectivity index (χ3n) is 4.03. The summed E-state index contributed by atoms with van der Waals surface area (Å²) in [6.45, 7) is 3.32. The van der Waals surface area contributed by atoms with Crippen molar-refractivity contribution in [3.63, 3.8) is 0 Å². The number of aliphatic imine (C=N–C) groups is 1. The van der Waals surface area contributed by atoms with Gasteiger partial charge in [-0.25, -0.2) is 4.99 Å². The van der Waals surface area contributed by atoms with E-state index in [2.05, 4.69) is 15.6 Å². The standard InChI is InChI=1S/C18H27F3N4O2.HI/c1-3-22-17(24-14-7-9-25(12-14)13-18(19,20)21)23-8-10-27-16-6-4-5-15(11-16)26-2;/h4-6,11,14H,3,7-10,12-13H2,1-2H3,(H2,22,23,24);1H. The molecule has 28 heavy (non-hydrogen) atoms. The van der Waals surface area contributed by atoms with Gasteiger partial charge >= 0.3 is 6.18 Å². The largest absolute Gasteiger partial charge is 0.497 e. The molecule has 0 aromatic heterocycles. The van der Waals surface area contributed by atoms with E-state index < -0.39 is 12.7 Å². The zero-order valence-electron chi connectivity index (χ0n) is 16.1. The number of ether oxygens (including phenoxy) is 2. The lowest BCUT2D eigenvalue weighted by Gasteiger charge is -2.19. The van der Waals surface area contributed by atoms with E-state index in [1.807, 2.05) is 25.1 Å². The number of hydrogen-bond acceptors (Lipinski definition) is 4. The summed E-state index contributed by atoms with van der Waals surface area (Å²) in [5.74, 6) is 2.00. The fraction of sp³-hybridized carbons (Fsp3) is 0.611. The molecule has 2 N–H and O–H groups in total. The molecule has 1 atom stereocenters. The van der Waals surface area contributed by atoms with Gasteiger partial charge in [-0.2, -0.15) is 13.2 Å². The third kappa shape index (κ3) is 9.18. The molecule has 160 valence electrons. The number of nitrogens with one attached hydrogen (secondary N) is 2. The van der Waals surface area contributed by atoms with Gasteiger partial charge in [0.25, 0.3) is 0 Å². The van der Waals surface area contributed by atoms with Gasteiger partial charge in [0.15, 0.2) is 5.96 Å². The monoisotopic (exact) mass is 516 g/mol. The van der Waals surface area contributed by atoms with Crippen LogP contribution in [0.2, 0.25) is 0 Å². The van der Waals surface area contributed by atoms with Crippen LogP contribution in [0.3, 0.4) is 0 Å². The van der Waals surface area contributed by atoms with E-state index in [1.165, 1.54) is 4.90 Å². The maximum Gasteiger partial charge on any atom is 0.401 e. The number of hydrogen-bond donors (Lipinski definition) is 2. The Hall–Kier alpha value is -1.43. The van der Waals surface area contributed by atoms with Gasteiger partial charge in [0.1, 0.15) is 18.1 Å². The van der Waals surface area contributed by atoms with E-state index in [1.54, 1.807) is 13.2 Å². The number of rotatable bonds is 8. The molecule has 2 rings (SSSR count). The Morgan fingerprint density at radius 2 is 2.07 bits per heavy atom. The Morgan fingerprint density at radius 1 is 1.32 bits per heavy atom. The number of halogens is 4. The van der Waals surface area contributed by atoms with Crippen LogP contribution in [0.15, 0.2) is 29.3 Å². The van der Waals surface area contributed by atoms with Crippen molar-refractivity contribution >= 4 is 29.9 Å². The molecule has 0 bridgehead atoms. The molecule has 1 unspecified atom stereocenters. The fourth-order valence-electron chi connectivity index (χ4n) is 2.87. The first-order valence-electron chi connectivity index (χ1n) is 9.00. The maximum absolute atomic E-state index is 12.5. The Balaban J connectivity index is 0.00000392. The van der Waals surface area contributed by atoms with Crippen molar-refractivity contribution < 1.29 is 22.6 Å². The minimum Gasteiger partial charge on any atom is -0.497 e. The first-order valence-corrected chi connectivity index (χ1v) is 9.00. The number of nitrogens with zero attached hydrogens (tertiary/aromatic N) is 2. The molecule has 0 amide bonds. The Kier molecular flexibility index (Phi) is 10.7. The van der Waals surface area contributed by atoms with Crippen LogP contribution < -0.4 is 20.1 Å². The van der Waals surface area contributed by atoms with Crippen molar-refractivity contribution in [3.05, 3.63) is 24.3 Å². The number of alkyl halides is 3. The summed E-state index contributed by atoms with van der Waals surface area (Å²) in [6.07, 6.45) is -3.51. The molecule has 0 aliphatic carbocycles. The minimum absolute atomic E-state index is 0. The SMILES string of the molecule is CCNC(=NCCOc1cccc(OC)c1)NC1CCN(CC(F)(F)F)C1.I. The normalized spacial score (nSPS) is 17.8. The highest BCUT2D eigenvalue weighted by molar-refractivity contribution is 14.0. The van der Waals surface area contributed by atoms with Gasteiger partial charge in [-0.1, -0.05) is 6.07 Å². The van der Waals surface area contributed by atoms with E-state index in [4.69, 9.17) is 9.47 Å². The number of likely N-dealkylation sites (tertiary alicyclic amines) is 1. The van der Waals surface area contributed by atoms with Crippen LogP contribution in [0.4, 0.5) is 13.2 Å². The molecule has 10 heteroatoms. The van der Waals surface area contributed by atoms with Gasteiger partial charge in [-0.05, 0) is 25.5 Å². The lowest BCUT2D eigenvalue weighted by atomic mass is 10.3. The quantitative estimate of drug-likeness (QED) is 0.241. The fourth-order valence-corrected chi connectivity index (χ4v) is 2.87. The van der Waals surface area contributed by atoms with Crippen molar-refractivity contribution in [2.45, 2.75) is 25.6 Å². The second kappa shape index (κ2) is 12.2. The van der Waals surface area contributed by atoms with Gasteiger partial charge in [-0.3, -0.25) is 4.90 Å². The lowest BCUT2D eigenvalue weighted by molar-refractivity contribution is -0.143. The van der Waals surface area contributed by atoms with E-state index in [0.717, 1.165) is 5.75 Å². The Bertz CT molecular complexity index is 617. The molecule has 0 radical (unpaired) electrons. The van der Waals surface area contributed by atoms with Crippen LogP contribution in [0.25, 0.3) is 0 Å². The molecule has 1 aromatic carbocycles. The first-order chi connectivity index (χ1) is 12.9. The number of guanidine groups is 1. The van der Waals surface area contributed by atoms with E-state index in [-0.39, 0.29) is 30.0 Å². The highest BCUT2D eigenvalue weighted by atomic mass is 127. The molecule has 0 saturated carbocycles. The van der Waals surface area contributed by atoms with Gasteiger partial charge < -0.3 is 20.1 Å². The smallest absolute Gasteiger partial charge is 0.401 e. The summed E-state index contributed by atoms with van der Waals surface area (Å²) in [5.41, 5.74) is 0. The lowest BCUT2D eigenvalue weighted by Crippen LogP contribution is -2.45. The van der Waals surface area contributed by atoms with Crippen LogP contribution in [0.5, 0.6) is 11.5 Å². The topological polar surface area (TPSA) is 58.1 Å².